The molecule has 24 heavy (non-hydrogen) atoms. The summed E-state index contributed by atoms with van der Waals surface area (Å²) in [5, 5.41) is 0. The summed E-state index contributed by atoms with van der Waals surface area (Å²) in [5.74, 6) is 1.70. The fraction of sp³-hybridized carbons (Fsp3) is 1.00. The standard InChI is InChI=1S/C20H39N3O/c1-17(2)13-23-12-11-21(14-20(23)15-24-16-20)8-5-19-6-9-22(10-7-19)18(3)4/h17-19H,5-16H2,1-4H3. The van der Waals surface area contributed by atoms with Crippen molar-refractivity contribution in [1.29, 1.82) is 0 Å². The van der Waals surface area contributed by atoms with E-state index in [0.29, 0.717) is 5.54 Å². The summed E-state index contributed by atoms with van der Waals surface area (Å²) in [6.45, 7) is 20.1. The Hall–Kier alpha value is -0.160. The average Bonchev–Trinajstić information content (AvgIpc) is 2.52. The molecular weight excluding hydrogens is 298 g/mol. The topological polar surface area (TPSA) is 19.0 Å². The molecule has 0 unspecified atom stereocenters. The molecule has 3 aliphatic heterocycles. The Morgan fingerprint density at radius 1 is 1.00 bits per heavy atom. The predicted octanol–water partition coefficient (Wildman–Crippen LogP) is 2.54. The second-order valence-electron chi connectivity index (χ2n) is 9.19. The van der Waals surface area contributed by atoms with Gasteiger partial charge < -0.3 is 14.5 Å². The molecule has 4 nitrogen and oxygen atoms in total. The summed E-state index contributed by atoms with van der Waals surface area (Å²) in [7, 11) is 0. The number of ether oxygens (including phenoxy) is 1. The van der Waals surface area contributed by atoms with Gasteiger partial charge in [-0.15, -0.1) is 0 Å². The van der Waals surface area contributed by atoms with E-state index in [9.17, 15) is 0 Å². The van der Waals surface area contributed by atoms with Gasteiger partial charge in [0.1, 0.15) is 0 Å². The van der Waals surface area contributed by atoms with Gasteiger partial charge in [0.2, 0.25) is 0 Å². The molecule has 0 N–H and O–H groups in total. The SMILES string of the molecule is CC(C)CN1CCN(CCC2CCN(C(C)C)CC2)CC12COC2. The lowest BCUT2D eigenvalue weighted by molar-refractivity contribution is -0.172. The van der Waals surface area contributed by atoms with Crippen LogP contribution >= 0.6 is 0 Å². The van der Waals surface area contributed by atoms with Crippen molar-refractivity contribution in [2.75, 3.05) is 59.0 Å². The van der Waals surface area contributed by atoms with Gasteiger partial charge in [-0.3, -0.25) is 4.90 Å². The molecule has 3 saturated heterocycles. The highest BCUT2D eigenvalue weighted by molar-refractivity contribution is 5.02. The molecule has 0 amide bonds. The van der Waals surface area contributed by atoms with E-state index in [1.54, 1.807) is 0 Å². The van der Waals surface area contributed by atoms with E-state index in [4.69, 9.17) is 4.74 Å². The third-order valence-electron chi connectivity index (χ3n) is 6.43. The fourth-order valence-electron chi connectivity index (χ4n) is 4.75. The molecule has 0 aromatic carbocycles. The van der Waals surface area contributed by atoms with Crippen LogP contribution in [0.25, 0.3) is 0 Å². The van der Waals surface area contributed by atoms with Gasteiger partial charge in [0.25, 0.3) is 0 Å². The zero-order valence-corrected chi connectivity index (χ0v) is 16.5. The highest BCUT2D eigenvalue weighted by atomic mass is 16.5. The van der Waals surface area contributed by atoms with E-state index < -0.39 is 0 Å². The van der Waals surface area contributed by atoms with Crippen LogP contribution in [-0.2, 0) is 4.74 Å². The largest absolute Gasteiger partial charge is 0.377 e. The molecule has 3 aliphatic rings. The third-order valence-corrected chi connectivity index (χ3v) is 6.43. The summed E-state index contributed by atoms with van der Waals surface area (Å²) in [5.41, 5.74) is 0.337. The van der Waals surface area contributed by atoms with Crippen molar-refractivity contribution in [1.82, 2.24) is 14.7 Å². The zero-order chi connectivity index (χ0) is 17.2. The number of nitrogens with zero attached hydrogens (tertiary/aromatic N) is 3. The minimum atomic E-state index is 0.337. The number of likely N-dealkylation sites (tertiary alicyclic amines) is 1. The average molecular weight is 338 g/mol. The van der Waals surface area contributed by atoms with Crippen molar-refractivity contribution in [3.8, 4) is 0 Å². The van der Waals surface area contributed by atoms with Crippen molar-refractivity contribution >= 4 is 0 Å². The molecule has 140 valence electrons. The molecule has 0 atom stereocenters. The summed E-state index contributed by atoms with van der Waals surface area (Å²) < 4.78 is 5.63. The van der Waals surface area contributed by atoms with E-state index >= 15 is 0 Å². The summed E-state index contributed by atoms with van der Waals surface area (Å²) in [6, 6.07) is 0.721. The monoisotopic (exact) mass is 337 g/mol. The van der Waals surface area contributed by atoms with Gasteiger partial charge in [-0.1, -0.05) is 13.8 Å². The van der Waals surface area contributed by atoms with Crippen LogP contribution in [0.4, 0.5) is 0 Å². The smallest absolute Gasteiger partial charge is 0.0807 e. The zero-order valence-electron chi connectivity index (χ0n) is 16.5. The number of hydrogen-bond acceptors (Lipinski definition) is 4. The first-order valence-corrected chi connectivity index (χ1v) is 10.3. The summed E-state index contributed by atoms with van der Waals surface area (Å²) in [4.78, 5) is 8.09. The molecule has 0 bridgehead atoms. The Labute approximate surface area is 149 Å². The van der Waals surface area contributed by atoms with Crippen LogP contribution in [-0.4, -0.2) is 85.3 Å². The molecule has 3 rings (SSSR count). The van der Waals surface area contributed by atoms with Crippen LogP contribution in [0.5, 0.6) is 0 Å². The van der Waals surface area contributed by atoms with E-state index in [-0.39, 0.29) is 0 Å². The van der Waals surface area contributed by atoms with Gasteiger partial charge in [-0.05, 0) is 64.6 Å². The molecule has 0 radical (unpaired) electrons. The van der Waals surface area contributed by atoms with Gasteiger partial charge in [0, 0.05) is 32.2 Å². The van der Waals surface area contributed by atoms with Crippen molar-refractivity contribution in [2.45, 2.75) is 58.5 Å². The predicted molar refractivity (Wildman–Crippen MR) is 100 cm³/mol. The highest BCUT2D eigenvalue weighted by Crippen LogP contribution is 2.31. The summed E-state index contributed by atoms with van der Waals surface area (Å²) in [6.07, 6.45) is 4.20. The molecule has 0 saturated carbocycles. The van der Waals surface area contributed by atoms with Gasteiger partial charge >= 0.3 is 0 Å². The van der Waals surface area contributed by atoms with Crippen LogP contribution < -0.4 is 0 Å². The van der Waals surface area contributed by atoms with Crippen LogP contribution in [0.15, 0.2) is 0 Å². The van der Waals surface area contributed by atoms with Crippen molar-refractivity contribution < 1.29 is 4.74 Å². The number of piperazine rings is 1. The van der Waals surface area contributed by atoms with Crippen molar-refractivity contribution in [3.63, 3.8) is 0 Å². The minimum absolute atomic E-state index is 0.337. The Bertz CT molecular complexity index is 386. The molecule has 0 aromatic heterocycles. The van der Waals surface area contributed by atoms with E-state index in [2.05, 4.69) is 42.4 Å². The van der Waals surface area contributed by atoms with Gasteiger partial charge in [-0.2, -0.15) is 0 Å². The third kappa shape index (κ3) is 4.32. The quantitative estimate of drug-likeness (QED) is 0.741. The number of rotatable bonds is 6. The lowest BCUT2D eigenvalue weighted by atomic mass is 9.89. The first-order valence-electron chi connectivity index (χ1n) is 10.3. The van der Waals surface area contributed by atoms with E-state index in [1.807, 2.05) is 0 Å². The maximum atomic E-state index is 5.63. The number of piperidine rings is 1. The molecule has 1 spiro atoms. The fourth-order valence-corrected chi connectivity index (χ4v) is 4.75. The first kappa shape index (κ1) is 18.6. The number of hydrogen-bond donors (Lipinski definition) is 0. The van der Waals surface area contributed by atoms with E-state index in [0.717, 1.165) is 31.1 Å². The maximum absolute atomic E-state index is 5.63. The lowest BCUT2D eigenvalue weighted by Gasteiger charge is -2.56. The molecule has 4 heteroatoms. The molecule has 3 heterocycles. The van der Waals surface area contributed by atoms with Gasteiger partial charge in [-0.25, -0.2) is 0 Å². The minimum Gasteiger partial charge on any atom is -0.377 e. The first-order chi connectivity index (χ1) is 11.5. The van der Waals surface area contributed by atoms with Crippen LogP contribution in [0.1, 0.15) is 47.0 Å². The van der Waals surface area contributed by atoms with E-state index in [1.165, 1.54) is 65.1 Å². The Kier molecular flexibility index (Phi) is 6.23. The van der Waals surface area contributed by atoms with Crippen LogP contribution in [0.3, 0.4) is 0 Å². The van der Waals surface area contributed by atoms with Crippen molar-refractivity contribution in [3.05, 3.63) is 0 Å². The second kappa shape index (κ2) is 8.03. The normalized spacial score (nSPS) is 27.2. The summed E-state index contributed by atoms with van der Waals surface area (Å²) >= 11 is 0. The van der Waals surface area contributed by atoms with Crippen LogP contribution in [0.2, 0.25) is 0 Å². The van der Waals surface area contributed by atoms with Gasteiger partial charge in [0.15, 0.2) is 0 Å². The lowest BCUT2D eigenvalue weighted by Crippen LogP contribution is -2.71. The van der Waals surface area contributed by atoms with Crippen molar-refractivity contribution in [2.24, 2.45) is 11.8 Å². The Balaban J connectivity index is 1.43. The Morgan fingerprint density at radius 3 is 2.25 bits per heavy atom. The second-order valence-corrected chi connectivity index (χ2v) is 9.19. The molecule has 3 fully saturated rings. The van der Waals surface area contributed by atoms with Gasteiger partial charge in [0.05, 0.1) is 18.8 Å². The molecule has 0 aliphatic carbocycles. The molecule has 0 aromatic rings. The Morgan fingerprint density at radius 2 is 1.71 bits per heavy atom. The van der Waals surface area contributed by atoms with Crippen LogP contribution in [0, 0.1) is 11.8 Å². The maximum Gasteiger partial charge on any atom is 0.0807 e. The molecular formula is C20H39N3O. The highest BCUT2D eigenvalue weighted by Gasteiger charge is 2.47.